The van der Waals surface area contributed by atoms with Gasteiger partial charge in [0.1, 0.15) is 23.9 Å². The maximum atomic E-state index is 12.2. The molecule has 0 aromatic heterocycles. The van der Waals surface area contributed by atoms with Crippen LogP contribution in [0, 0.1) is 5.92 Å². The van der Waals surface area contributed by atoms with Gasteiger partial charge in [-0.2, -0.15) is 0 Å². The minimum atomic E-state index is -1.03. The number of nitrogens with two attached hydrogens (primary N) is 3. The van der Waals surface area contributed by atoms with Gasteiger partial charge in [0.25, 0.3) is 0 Å². The van der Waals surface area contributed by atoms with Crippen LogP contribution in [-0.4, -0.2) is 36.0 Å². The highest BCUT2D eigenvalue weighted by atomic mass is 16.6. The van der Waals surface area contributed by atoms with Crippen molar-refractivity contribution in [1.29, 1.82) is 0 Å². The van der Waals surface area contributed by atoms with Crippen LogP contribution in [-0.2, 0) is 32.0 Å². The molecule has 32 heavy (non-hydrogen) atoms. The van der Waals surface area contributed by atoms with Crippen molar-refractivity contribution in [2.24, 2.45) is 23.1 Å². The van der Waals surface area contributed by atoms with E-state index in [-0.39, 0.29) is 12.3 Å². The smallest absolute Gasteiger partial charge is 0.330 e. The van der Waals surface area contributed by atoms with E-state index in [9.17, 15) is 14.4 Å². The molecule has 4 atom stereocenters. The van der Waals surface area contributed by atoms with Crippen LogP contribution >= 0.6 is 0 Å². The van der Waals surface area contributed by atoms with Gasteiger partial charge in [0.15, 0.2) is 0 Å². The minimum absolute atomic E-state index is 0.109. The number of hydrogen-bond donors (Lipinski definition) is 3. The molecule has 6 N–H and O–H groups in total. The summed E-state index contributed by atoms with van der Waals surface area (Å²) in [5.41, 5.74) is 19.2. The van der Waals surface area contributed by atoms with Gasteiger partial charge in [0, 0.05) is 0 Å². The van der Waals surface area contributed by atoms with Crippen molar-refractivity contribution in [3.8, 4) is 5.75 Å². The molecule has 0 aliphatic heterocycles. The summed E-state index contributed by atoms with van der Waals surface area (Å²) in [7, 11) is 0. The maximum Gasteiger partial charge on any atom is 0.330 e. The molecule has 0 saturated heterocycles. The molecule has 172 valence electrons. The summed E-state index contributed by atoms with van der Waals surface area (Å²) in [6.45, 7) is 3.70. The van der Waals surface area contributed by atoms with E-state index in [1.165, 1.54) is 0 Å². The highest BCUT2D eigenvalue weighted by Gasteiger charge is 2.26. The topological polar surface area (TPSA) is 148 Å². The van der Waals surface area contributed by atoms with Crippen LogP contribution in [0.5, 0.6) is 5.75 Å². The number of carbonyl (C=O) groups is 3. The summed E-state index contributed by atoms with van der Waals surface area (Å²) in [4.78, 5) is 36.3. The number of benzene rings is 2. The monoisotopic (exact) mass is 441 g/mol. The van der Waals surface area contributed by atoms with Crippen LogP contribution in [0.15, 0.2) is 54.6 Å². The number of ether oxygens (including phenoxy) is 2. The lowest BCUT2D eigenvalue weighted by Gasteiger charge is -2.17. The highest BCUT2D eigenvalue weighted by Crippen LogP contribution is 2.15. The Labute approximate surface area is 188 Å². The third-order valence-corrected chi connectivity index (χ3v) is 5.23. The second kappa shape index (κ2) is 12.1. The van der Waals surface area contributed by atoms with Gasteiger partial charge in [-0.3, -0.25) is 0 Å². The molecule has 0 fully saturated rings. The van der Waals surface area contributed by atoms with Crippen LogP contribution in [0.4, 0.5) is 0 Å². The molecule has 0 spiro atoms. The SMILES string of the molecule is CC[C@H](C)[C@H](N)C(=O)OC(=O)[C@@H](N)Cc1ccc(OC(=O)[C@@H](N)Cc2ccccc2)cc1. The van der Waals surface area contributed by atoms with Crippen molar-refractivity contribution in [3.05, 3.63) is 65.7 Å². The van der Waals surface area contributed by atoms with Crippen LogP contribution in [0.2, 0.25) is 0 Å². The zero-order chi connectivity index (χ0) is 23.7. The molecule has 0 aliphatic rings. The summed E-state index contributed by atoms with van der Waals surface area (Å²) < 4.78 is 10.1. The lowest BCUT2D eigenvalue weighted by atomic mass is 10.0. The second-order valence-corrected chi connectivity index (χ2v) is 7.82. The molecule has 0 bridgehead atoms. The van der Waals surface area contributed by atoms with Crippen LogP contribution in [0.3, 0.4) is 0 Å². The van der Waals surface area contributed by atoms with Crippen molar-refractivity contribution >= 4 is 17.9 Å². The van der Waals surface area contributed by atoms with Gasteiger partial charge in [-0.05, 0) is 42.0 Å². The summed E-state index contributed by atoms with van der Waals surface area (Å²) in [5.74, 6) is -1.95. The van der Waals surface area contributed by atoms with E-state index < -0.39 is 36.0 Å². The van der Waals surface area contributed by atoms with Crippen molar-refractivity contribution in [1.82, 2.24) is 0 Å². The summed E-state index contributed by atoms with van der Waals surface area (Å²) in [6, 6.07) is 13.2. The zero-order valence-corrected chi connectivity index (χ0v) is 18.4. The van der Waals surface area contributed by atoms with E-state index in [0.717, 1.165) is 5.56 Å². The molecule has 2 aromatic carbocycles. The summed E-state index contributed by atoms with van der Waals surface area (Å²) >= 11 is 0. The average molecular weight is 442 g/mol. The van der Waals surface area contributed by atoms with Crippen molar-refractivity contribution in [3.63, 3.8) is 0 Å². The first-order chi connectivity index (χ1) is 15.2. The quantitative estimate of drug-likeness (QED) is 0.285. The zero-order valence-electron chi connectivity index (χ0n) is 18.4. The molecular formula is C24H31N3O5. The van der Waals surface area contributed by atoms with E-state index in [4.69, 9.17) is 26.7 Å². The van der Waals surface area contributed by atoms with E-state index in [0.29, 0.717) is 24.2 Å². The third kappa shape index (κ3) is 7.56. The minimum Gasteiger partial charge on any atom is -0.425 e. The van der Waals surface area contributed by atoms with E-state index in [1.54, 1.807) is 31.2 Å². The predicted molar refractivity (Wildman–Crippen MR) is 120 cm³/mol. The second-order valence-electron chi connectivity index (χ2n) is 7.82. The fourth-order valence-electron chi connectivity index (χ4n) is 2.90. The lowest BCUT2D eigenvalue weighted by molar-refractivity contribution is -0.162. The van der Waals surface area contributed by atoms with Gasteiger partial charge in [0.05, 0.1) is 0 Å². The number of hydrogen-bond acceptors (Lipinski definition) is 8. The Morgan fingerprint density at radius 3 is 1.88 bits per heavy atom. The molecule has 0 aliphatic carbocycles. The lowest BCUT2D eigenvalue weighted by Crippen LogP contribution is -2.43. The van der Waals surface area contributed by atoms with Gasteiger partial charge in [0.2, 0.25) is 0 Å². The van der Waals surface area contributed by atoms with Gasteiger partial charge >= 0.3 is 17.9 Å². The Bertz CT molecular complexity index is 902. The number of rotatable bonds is 10. The Balaban J connectivity index is 1.85. The molecule has 0 unspecified atom stereocenters. The van der Waals surface area contributed by atoms with Crippen molar-refractivity contribution in [2.45, 2.75) is 51.2 Å². The summed E-state index contributed by atoms with van der Waals surface area (Å²) in [5, 5.41) is 0. The Hall–Kier alpha value is -3.07. The Morgan fingerprint density at radius 2 is 1.31 bits per heavy atom. The van der Waals surface area contributed by atoms with Gasteiger partial charge in [-0.25, -0.2) is 14.4 Å². The first-order valence-corrected chi connectivity index (χ1v) is 10.6. The highest BCUT2D eigenvalue weighted by molar-refractivity contribution is 5.91. The molecule has 0 amide bonds. The fourth-order valence-corrected chi connectivity index (χ4v) is 2.90. The molecular weight excluding hydrogens is 410 g/mol. The van der Waals surface area contributed by atoms with Crippen molar-refractivity contribution < 1.29 is 23.9 Å². The van der Waals surface area contributed by atoms with Crippen LogP contribution < -0.4 is 21.9 Å². The largest absolute Gasteiger partial charge is 0.425 e. The van der Waals surface area contributed by atoms with Crippen LogP contribution in [0.25, 0.3) is 0 Å². The molecule has 0 saturated carbocycles. The molecule has 0 radical (unpaired) electrons. The standard InChI is InChI=1S/C24H31N3O5/c1-3-15(2)21(27)24(30)32-23(29)20(26)14-17-9-11-18(12-10-17)31-22(28)19(25)13-16-7-5-4-6-8-16/h4-12,15,19-21H,3,13-14,25-27H2,1-2H3/t15-,19-,20-,21-/m0/s1. The van der Waals surface area contributed by atoms with E-state index in [2.05, 4.69) is 0 Å². The normalized spacial score (nSPS) is 14.7. The third-order valence-electron chi connectivity index (χ3n) is 5.23. The first-order valence-electron chi connectivity index (χ1n) is 10.6. The number of carbonyl (C=O) groups excluding carboxylic acids is 3. The molecule has 2 rings (SSSR count). The first kappa shape index (κ1) is 25.2. The predicted octanol–water partition coefficient (Wildman–Crippen LogP) is 1.48. The van der Waals surface area contributed by atoms with Crippen LogP contribution in [0.1, 0.15) is 31.4 Å². The van der Waals surface area contributed by atoms with Gasteiger partial charge in [-0.1, -0.05) is 62.7 Å². The van der Waals surface area contributed by atoms with E-state index in [1.807, 2.05) is 37.3 Å². The van der Waals surface area contributed by atoms with E-state index >= 15 is 0 Å². The average Bonchev–Trinajstić information content (AvgIpc) is 2.79. The fraction of sp³-hybridized carbons (Fsp3) is 0.375. The van der Waals surface area contributed by atoms with Gasteiger partial charge in [-0.15, -0.1) is 0 Å². The Morgan fingerprint density at radius 1 is 0.781 bits per heavy atom. The van der Waals surface area contributed by atoms with Gasteiger partial charge < -0.3 is 26.7 Å². The molecule has 8 heteroatoms. The molecule has 2 aromatic rings. The summed E-state index contributed by atoms with van der Waals surface area (Å²) in [6.07, 6.45) is 1.20. The maximum absolute atomic E-state index is 12.2. The Kier molecular flexibility index (Phi) is 9.52. The van der Waals surface area contributed by atoms with Crippen molar-refractivity contribution in [2.75, 3.05) is 0 Å². The molecule has 0 heterocycles. The molecule has 8 nitrogen and oxygen atoms in total. The number of esters is 3.